The molecule has 5 heteroatoms. The SMILES string of the molecule is CCc1ccc(-c2cc(C(=O)NN)nn2-c2ccccc2)cc1. The molecule has 0 aliphatic rings. The van der Waals surface area contributed by atoms with Crippen LogP contribution in [0.4, 0.5) is 0 Å². The molecular weight excluding hydrogens is 288 g/mol. The summed E-state index contributed by atoms with van der Waals surface area (Å²) in [4.78, 5) is 11.8. The third-order valence-corrected chi connectivity index (χ3v) is 3.73. The van der Waals surface area contributed by atoms with Crippen LogP contribution in [0.1, 0.15) is 23.0 Å². The first-order chi connectivity index (χ1) is 11.2. The van der Waals surface area contributed by atoms with Crippen molar-refractivity contribution in [1.29, 1.82) is 0 Å². The Morgan fingerprint density at radius 2 is 1.83 bits per heavy atom. The standard InChI is InChI=1S/C18H18N4O/c1-2-13-8-10-14(11-9-13)17-12-16(18(23)20-19)21-22(17)15-6-4-3-5-7-15/h3-12H,2,19H2,1H3,(H,20,23). The minimum absolute atomic E-state index is 0.283. The number of nitrogens with two attached hydrogens (primary N) is 1. The maximum Gasteiger partial charge on any atom is 0.285 e. The summed E-state index contributed by atoms with van der Waals surface area (Å²) in [5, 5.41) is 4.39. The molecule has 0 saturated carbocycles. The number of hydrogen-bond acceptors (Lipinski definition) is 3. The molecule has 2 aromatic carbocycles. The molecule has 116 valence electrons. The van der Waals surface area contributed by atoms with Crippen LogP contribution in [0.15, 0.2) is 60.7 Å². The minimum atomic E-state index is -0.411. The number of nitrogens with one attached hydrogen (secondary N) is 1. The number of aromatic nitrogens is 2. The minimum Gasteiger partial charge on any atom is -0.289 e. The van der Waals surface area contributed by atoms with Gasteiger partial charge in [0.15, 0.2) is 5.69 Å². The van der Waals surface area contributed by atoms with Gasteiger partial charge in [0, 0.05) is 5.56 Å². The highest BCUT2D eigenvalue weighted by Gasteiger charge is 2.15. The zero-order valence-corrected chi connectivity index (χ0v) is 12.9. The number of amides is 1. The summed E-state index contributed by atoms with van der Waals surface area (Å²) in [7, 11) is 0. The summed E-state index contributed by atoms with van der Waals surface area (Å²) >= 11 is 0. The Morgan fingerprint density at radius 3 is 2.43 bits per heavy atom. The Bertz CT molecular complexity index is 807. The van der Waals surface area contributed by atoms with Crippen LogP contribution in [-0.4, -0.2) is 15.7 Å². The van der Waals surface area contributed by atoms with Crippen molar-refractivity contribution in [3.63, 3.8) is 0 Å². The van der Waals surface area contributed by atoms with E-state index in [1.54, 1.807) is 10.7 Å². The number of benzene rings is 2. The second kappa shape index (κ2) is 6.46. The average Bonchev–Trinajstić information content (AvgIpc) is 3.07. The molecule has 0 unspecified atom stereocenters. The number of para-hydroxylation sites is 1. The molecule has 0 spiro atoms. The van der Waals surface area contributed by atoms with Gasteiger partial charge in [-0.3, -0.25) is 10.2 Å². The van der Waals surface area contributed by atoms with Crippen molar-refractivity contribution < 1.29 is 4.79 Å². The van der Waals surface area contributed by atoms with Crippen LogP contribution in [0.5, 0.6) is 0 Å². The lowest BCUT2D eigenvalue weighted by atomic mass is 10.1. The molecular formula is C18H18N4O. The molecule has 3 rings (SSSR count). The summed E-state index contributed by atoms with van der Waals surface area (Å²) in [5.74, 6) is 4.82. The maximum atomic E-state index is 11.8. The smallest absolute Gasteiger partial charge is 0.285 e. The van der Waals surface area contributed by atoms with Crippen molar-refractivity contribution in [1.82, 2.24) is 15.2 Å². The predicted octanol–water partition coefficient (Wildman–Crippen LogP) is 2.71. The van der Waals surface area contributed by atoms with Gasteiger partial charge in [-0.25, -0.2) is 10.5 Å². The number of nitrogen functional groups attached to an aromatic ring is 1. The quantitative estimate of drug-likeness (QED) is 0.442. The molecule has 23 heavy (non-hydrogen) atoms. The van der Waals surface area contributed by atoms with Crippen LogP contribution < -0.4 is 11.3 Å². The van der Waals surface area contributed by atoms with Gasteiger partial charge < -0.3 is 0 Å². The first-order valence-electron chi connectivity index (χ1n) is 7.48. The lowest BCUT2D eigenvalue weighted by Gasteiger charge is -2.08. The van der Waals surface area contributed by atoms with Crippen molar-refractivity contribution in [3.05, 3.63) is 71.9 Å². The highest BCUT2D eigenvalue weighted by molar-refractivity contribution is 5.93. The Kier molecular flexibility index (Phi) is 4.21. The van der Waals surface area contributed by atoms with Gasteiger partial charge in [0.25, 0.3) is 5.91 Å². The second-order valence-electron chi connectivity index (χ2n) is 5.19. The van der Waals surface area contributed by atoms with Gasteiger partial charge in [0.05, 0.1) is 11.4 Å². The highest BCUT2D eigenvalue weighted by Crippen LogP contribution is 2.24. The van der Waals surface area contributed by atoms with Gasteiger partial charge in [0.2, 0.25) is 0 Å². The number of hydrogen-bond donors (Lipinski definition) is 2. The summed E-state index contributed by atoms with van der Waals surface area (Å²) in [6, 6.07) is 19.7. The molecule has 0 bridgehead atoms. The molecule has 3 aromatic rings. The van der Waals surface area contributed by atoms with E-state index in [0.717, 1.165) is 23.4 Å². The normalized spacial score (nSPS) is 10.5. The van der Waals surface area contributed by atoms with Crippen molar-refractivity contribution in [2.75, 3.05) is 0 Å². The van der Waals surface area contributed by atoms with Gasteiger partial charge in [-0.1, -0.05) is 49.4 Å². The molecule has 0 atom stereocenters. The molecule has 0 saturated heterocycles. The van der Waals surface area contributed by atoms with Crippen LogP contribution in [0.2, 0.25) is 0 Å². The van der Waals surface area contributed by atoms with Crippen LogP contribution in [-0.2, 0) is 6.42 Å². The van der Waals surface area contributed by atoms with Gasteiger partial charge in [-0.05, 0) is 30.2 Å². The van der Waals surface area contributed by atoms with E-state index in [-0.39, 0.29) is 5.69 Å². The lowest BCUT2D eigenvalue weighted by molar-refractivity contribution is 0.0948. The number of carbonyl (C=O) groups is 1. The van der Waals surface area contributed by atoms with Gasteiger partial charge in [-0.15, -0.1) is 0 Å². The Morgan fingerprint density at radius 1 is 1.13 bits per heavy atom. The van der Waals surface area contributed by atoms with E-state index in [2.05, 4.69) is 29.6 Å². The Labute approximate surface area is 134 Å². The maximum absolute atomic E-state index is 11.8. The molecule has 1 aromatic heterocycles. The molecule has 0 radical (unpaired) electrons. The van der Waals surface area contributed by atoms with E-state index < -0.39 is 5.91 Å². The molecule has 5 nitrogen and oxygen atoms in total. The Balaban J connectivity index is 2.13. The molecule has 0 fully saturated rings. The van der Waals surface area contributed by atoms with Crippen LogP contribution in [0.3, 0.4) is 0 Å². The first-order valence-corrected chi connectivity index (χ1v) is 7.48. The number of nitrogens with zero attached hydrogens (tertiary/aromatic N) is 2. The third kappa shape index (κ3) is 3.00. The van der Waals surface area contributed by atoms with E-state index in [1.165, 1.54) is 5.56 Å². The summed E-state index contributed by atoms with van der Waals surface area (Å²) in [6.07, 6.45) is 0.985. The number of carbonyl (C=O) groups excluding carboxylic acids is 1. The fourth-order valence-corrected chi connectivity index (χ4v) is 2.45. The van der Waals surface area contributed by atoms with Crippen LogP contribution in [0.25, 0.3) is 16.9 Å². The van der Waals surface area contributed by atoms with E-state index in [0.29, 0.717) is 0 Å². The number of rotatable bonds is 4. The fraction of sp³-hybridized carbons (Fsp3) is 0.111. The monoisotopic (exact) mass is 306 g/mol. The summed E-state index contributed by atoms with van der Waals surface area (Å²) in [5.41, 5.74) is 6.40. The number of hydrazine groups is 1. The lowest BCUT2D eigenvalue weighted by Crippen LogP contribution is -2.30. The van der Waals surface area contributed by atoms with E-state index >= 15 is 0 Å². The second-order valence-corrected chi connectivity index (χ2v) is 5.19. The van der Waals surface area contributed by atoms with Crippen molar-refractivity contribution in [2.45, 2.75) is 13.3 Å². The first kappa shape index (κ1) is 15.0. The zero-order chi connectivity index (χ0) is 16.2. The summed E-state index contributed by atoms with van der Waals surface area (Å²) < 4.78 is 1.76. The third-order valence-electron chi connectivity index (χ3n) is 3.73. The largest absolute Gasteiger partial charge is 0.289 e. The van der Waals surface area contributed by atoms with Gasteiger partial charge >= 0.3 is 0 Å². The van der Waals surface area contributed by atoms with E-state index in [1.807, 2.05) is 42.5 Å². The van der Waals surface area contributed by atoms with Crippen molar-refractivity contribution in [2.24, 2.45) is 5.84 Å². The molecule has 3 N–H and O–H groups in total. The fourth-order valence-electron chi connectivity index (χ4n) is 2.45. The molecule has 0 aliphatic heterocycles. The van der Waals surface area contributed by atoms with E-state index in [9.17, 15) is 4.79 Å². The molecule has 1 amide bonds. The molecule has 1 heterocycles. The average molecular weight is 306 g/mol. The van der Waals surface area contributed by atoms with Crippen molar-refractivity contribution >= 4 is 5.91 Å². The van der Waals surface area contributed by atoms with Gasteiger partial charge in [0.1, 0.15) is 0 Å². The topological polar surface area (TPSA) is 72.9 Å². The molecule has 0 aliphatic carbocycles. The summed E-state index contributed by atoms with van der Waals surface area (Å²) in [6.45, 7) is 2.12. The predicted molar refractivity (Wildman–Crippen MR) is 90.0 cm³/mol. The van der Waals surface area contributed by atoms with E-state index in [4.69, 9.17) is 5.84 Å². The highest BCUT2D eigenvalue weighted by atomic mass is 16.2. The van der Waals surface area contributed by atoms with Crippen LogP contribution >= 0.6 is 0 Å². The Hall–Kier alpha value is -2.92. The van der Waals surface area contributed by atoms with Crippen molar-refractivity contribution in [3.8, 4) is 16.9 Å². The van der Waals surface area contributed by atoms with Crippen LogP contribution in [0, 0.1) is 0 Å². The number of aryl methyl sites for hydroxylation is 1. The zero-order valence-electron chi connectivity index (χ0n) is 12.9. The van der Waals surface area contributed by atoms with Gasteiger partial charge in [-0.2, -0.15) is 5.10 Å².